The van der Waals surface area contributed by atoms with Gasteiger partial charge < -0.3 is 15.2 Å². The van der Waals surface area contributed by atoms with Gasteiger partial charge in [-0.1, -0.05) is 26.0 Å². The van der Waals surface area contributed by atoms with Crippen molar-refractivity contribution in [3.8, 4) is 5.75 Å². The van der Waals surface area contributed by atoms with E-state index in [-0.39, 0.29) is 5.54 Å². The number of hydrogen-bond donors (Lipinski definition) is 1. The molecule has 2 N–H and O–H groups in total. The van der Waals surface area contributed by atoms with Crippen molar-refractivity contribution in [2.75, 3.05) is 20.3 Å². The summed E-state index contributed by atoms with van der Waals surface area (Å²) in [5.74, 6) is 1.37. The fourth-order valence-corrected chi connectivity index (χ4v) is 1.96. The zero-order valence-electron chi connectivity index (χ0n) is 10.1. The third kappa shape index (κ3) is 1.81. The molecule has 88 valence electrons. The molecule has 3 heteroatoms. The third-order valence-electron chi connectivity index (χ3n) is 3.15. The smallest absolute Gasteiger partial charge is 0.124 e. The molecule has 1 aromatic carbocycles. The van der Waals surface area contributed by atoms with Gasteiger partial charge in [0.25, 0.3) is 0 Å². The summed E-state index contributed by atoms with van der Waals surface area (Å²) in [4.78, 5) is 0. The molecule has 0 unspecified atom stereocenters. The van der Waals surface area contributed by atoms with Crippen LogP contribution >= 0.6 is 0 Å². The Labute approximate surface area is 96.5 Å². The van der Waals surface area contributed by atoms with Crippen LogP contribution in [0.1, 0.15) is 30.9 Å². The number of ether oxygens (including phenoxy) is 2. The van der Waals surface area contributed by atoms with Crippen molar-refractivity contribution in [3.05, 3.63) is 29.3 Å². The van der Waals surface area contributed by atoms with E-state index in [2.05, 4.69) is 32.0 Å². The van der Waals surface area contributed by atoms with Crippen LogP contribution in [-0.2, 0) is 10.3 Å². The van der Waals surface area contributed by atoms with Gasteiger partial charge in [-0.25, -0.2) is 0 Å². The molecular formula is C13H19NO2. The normalized spacial score (nSPS) is 18.3. The Kier molecular flexibility index (Phi) is 2.91. The number of nitrogens with two attached hydrogens (primary N) is 1. The summed E-state index contributed by atoms with van der Waals surface area (Å²) < 4.78 is 10.6. The molecular weight excluding hydrogens is 202 g/mol. The average molecular weight is 221 g/mol. The predicted molar refractivity (Wildman–Crippen MR) is 63.8 cm³/mol. The molecule has 1 heterocycles. The van der Waals surface area contributed by atoms with Gasteiger partial charge in [0.1, 0.15) is 5.75 Å². The van der Waals surface area contributed by atoms with E-state index in [0.29, 0.717) is 19.1 Å². The fraction of sp³-hybridized carbons (Fsp3) is 0.538. The standard InChI is InChI=1S/C13H19NO2/c1-9(2)10-4-5-11(12(6-10)15-3)13(14)7-16-8-13/h4-6,9H,7-8,14H2,1-3H3. The Morgan fingerprint density at radius 2 is 2.06 bits per heavy atom. The van der Waals surface area contributed by atoms with Gasteiger partial charge >= 0.3 is 0 Å². The number of rotatable bonds is 3. The summed E-state index contributed by atoms with van der Waals surface area (Å²) in [7, 11) is 1.69. The van der Waals surface area contributed by atoms with E-state index < -0.39 is 0 Å². The lowest BCUT2D eigenvalue weighted by Gasteiger charge is -2.39. The summed E-state index contributed by atoms with van der Waals surface area (Å²) in [5, 5.41) is 0. The minimum Gasteiger partial charge on any atom is -0.496 e. The molecule has 2 rings (SSSR count). The first-order chi connectivity index (χ1) is 7.57. The predicted octanol–water partition coefficient (Wildman–Crippen LogP) is 2.00. The lowest BCUT2D eigenvalue weighted by atomic mass is 9.87. The molecule has 16 heavy (non-hydrogen) atoms. The largest absolute Gasteiger partial charge is 0.496 e. The van der Waals surface area contributed by atoms with Crippen molar-refractivity contribution in [3.63, 3.8) is 0 Å². The minimum absolute atomic E-state index is 0.360. The maximum atomic E-state index is 6.22. The molecule has 1 aromatic rings. The highest BCUT2D eigenvalue weighted by atomic mass is 16.5. The van der Waals surface area contributed by atoms with Crippen LogP contribution in [0.3, 0.4) is 0 Å². The second-order valence-electron chi connectivity index (χ2n) is 4.76. The maximum absolute atomic E-state index is 6.22. The van der Waals surface area contributed by atoms with Crippen LogP contribution < -0.4 is 10.5 Å². The van der Waals surface area contributed by atoms with Crippen LogP contribution in [0.5, 0.6) is 5.75 Å². The van der Waals surface area contributed by atoms with E-state index in [1.807, 2.05) is 0 Å². The van der Waals surface area contributed by atoms with Gasteiger partial charge in [0.15, 0.2) is 0 Å². The first-order valence-electron chi connectivity index (χ1n) is 5.62. The first-order valence-corrected chi connectivity index (χ1v) is 5.62. The van der Waals surface area contributed by atoms with Gasteiger partial charge in [0.05, 0.1) is 25.9 Å². The van der Waals surface area contributed by atoms with E-state index in [9.17, 15) is 0 Å². The highest BCUT2D eigenvalue weighted by Crippen LogP contribution is 2.35. The Morgan fingerprint density at radius 1 is 1.38 bits per heavy atom. The molecule has 3 nitrogen and oxygen atoms in total. The Hall–Kier alpha value is -1.06. The molecule has 0 bridgehead atoms. The van der Waals surface area contributed by atoms with Gasteiger partial charge in [0, 0.05) is 5.56 Å². The quantitative estimate of drug-likeness (QED) is 0.849. The second kappa shape index (κ2) is 4.07. The van der Waals surface area contributed by atoms with E-state index in [0.717, 1.165) is 11.3 Å². The monoisotopic (exact) mass is 221 g/mol. The van der Waals surface area contributed by atoms with Crippen LogP contribution in [0.2, 0.25) is 0 Å². The highest BCUT2D eigenvalue weighted by Gasteiger charge is 2.38. The van der Waals surface area contributed by atoms with Gasteiger partial charge in [0.2, 0.25) is 0 Å². The van der Waals surface area contributed by atoms with Crippen LogP contribution in [-0.4, -0.2) is 20.3 Å². The molecule has 1 fully saturated rings. The molecule has 1 saturated heterocycles. The van der Waals surface area contributed by atoms with Crippen molar-refractivity contribution in [1.82, 2.24) is 0 Å². The molecule has 0 spiro atoms. The lowest BCUT2D eigenvalue weighted by molar-refractivity contribution is -0.0578. The van der Waals surface area contributed by atoms with Gasteiger partial charge in [-0.05, 0) is 17.5 Å². The molecule has 0 saturated carbocycles. The van der Waals surface area contributed by atoms with Crippen LogP contribution in [0, 0.1) is 0 Å². The van der Waals surface area contributed by atoms with E-state index in [4.69, 9.17) is 15.2 Å². The van der Waals surface area contributed by atoms with E-state index in [1.165, 1.54) is 5.56 Å². The Morgan fingerprint density at radius 3 is 2.50 bits per heavy atom. The summed E-state index contributed by atoms with van der Waals surface area (Å²) >= 11 is 0. The molecule has 1 aliphatic heterocycles. The second-order valence-corrected chi connectivity index (χ2v) is 4.76. The molecule has 0 atom stereocenters. The fourth-order valence-electron chi connectivity index (χ4n) is 1.96. The summed E-state index contributed by atoms with van der Waals surface area (Å²) in [5.41, 5.74) is 8.18. The summed E-state index contributed by atoms with van der Waals surface area (Å²) in [6, 6.07) is 6.26. The molecule has 1 aliphatic rings. The van der Waals surface area contributed by atoms with Crippen LogP contribution in [0.15, 0.2) is 18.2 Å². The van der Waals surface area contributed by atoms with Crippen LogP contribution in [0.4, 0.5) is 0 Å². The van der Waals surface area contributed by atoms with Gasteiger partial charge in [-0.2, -0.15) is 0 Å². The number of hydrogen-bond acceptors (Lipinski definition) is 3. The van der Waals surface area contributed by atoms with E-state index in [1.54, 1.807) is 7.11 Å². The number of benzene rings is 1. The lowest BCUT2D eigenvalue weighted by Crippen LogP contribution is -2.54. The van der Waals surface area contributed by atoms with Crippen molar-refractivity contribution < 1.29 is 9.47 Å². The summed E-state index contributed by atoms with van der Waals surface area (Å²) in [6.45, 7) is 5.48. The first kappa shape index (κ1) is 11.4. The van der Waals surface area contributed by atoms with Crippen molar-refractivity contribution in [2.45, 2.75) is 25.3 Å². The summed E-state index contributed by atoms with van der Waals surface area (Å²) in [6.07, 6.45) is 0. The van der Waals surface area contributed by atoms with Crippen LogP contribution in [0.25, 0.3) is 0 Å². The van der Waals surface area contributed by atoms with Crippen molar-refractivity contribution in [1.29, 1.82) is 0 Å². The average Bonchev–Trinajstić information content (AvgIpc) is 2.25. The highest BCUT2D eigenvalue weighted by molar-refractivity contribution is 5.44. The number of methoxy groups -OCH3 is 1. The zero-order valence-corrected chi connectivity index (χ0v) is 10.1. The maximum Gasteiger partial charge on any atom is 0.124 e. The van der Waals surface area contributed by atoms with Gasteiger partial charge in [-0.3, -0.25) is 0 Å². The van der Waals surface area contributed by atoms with Gasteiger partial charge in [-0.15, -0.1) is 0 Å². The molecule has 0 aromatic heterocycles. The topological polar surface area (TPSA) is 44.5 Å². The van der Waals surface area contributed by atoms with E-state index >= 15 is 0 Å². The Bertz CT molecular complexity index is 384. The van der Waals surface area contributed by atoms with Crippen molar-refractivity contribution in [2.24, 2.45) is 5.73 Å². The SMILES string of the molecule is COc1cc(C(C)C)ccc1C1(N)COC1. The van der Waals surface area contributed by atoms with Crippen molar-refractivity contribution >= 4 is 0 Å². The molecule has 0 radical (unpaired) electrons. The zero-order chi connectivity index (χ0) is 11.8. The molecule has 0 aliphatic carbocycles. The molecule has 0 amide bonds. The third-order valence-corrected chi connectivity index (χ3v) is 3.15. The Balaban J connectivity index is 2.39. The minimum atomic E-state index is -0.360.